The van der Waals surface area contributed by atoms with Gasteiger partial charge in [-0.1, -0.05) is 41.6 Å². The van der Waals surface area contributed by atoms with Crippen molar-refractivity contribution in [3.05, 3.63) is 66.3 Å². The third-order valence-electron chi connectivity index (χ3n) is 4.21. The first-order chi connectivity index (χ1) is 14.1. The van der Waals surface area contributed by atoms with E-state index in [2.05, 4.69) is 20.6 Å². The largest absolute Gasteiger partial charge is 0.332 e. The van der Waals surface area contributed by atoms with E-state index >= 15 is 0 Å². The Bertz CT molecular complexity index is 1080. The van der Waals surface area contributed by atoms with Crippen LogP contribution in [0.15, 0.2) is 64.2 Å². The number of hydrazone groups is 1. The lowest BCUT2D eigenvalue weighted by molar-refractivity contribution is -0.135. The minimum atomic E-state index is -0.496. The molecule has 29 heavy (non-hydrogen) atoms. The van der Waals surface area contributed by atoms with Crippen molar-refractivity contribution in [3.8, 4) is 11.4 Å². The van der Waals surface area contributed by atoms with Gasteiger partial charge < -0.3 is 9.84 Å². The number of nitrogens with zero attached hydrogens (tertiary/aromatic N) is 4. The Morgan fingerprint density at radius 2 is 1.97 bits per heavy atom. The van der Waals surface area contributed by atoms with Crippen LogP contribution >= 0.6 is 0 Å². The summed E-state index contributed by atoms with van der Waals surface area (Å²) in [6.45, 7) is -0.307. The normalized spacial score (nSPS) is 13.9. The zero-order chi connectivity index (χ0) is 20.2. The molecule has 0 atom stereocenters. The first-order valence-electron chi connectivity index (χ1n) is 8.91. The molecular formula is C20H16FN5O3. The Labute approximate surface area is 165 Å². The molecule has 0 radical (unpaired) electrons. The molecule has 0 spiro atoms. The molecule has 0 saturated heterocycles. The smallest absolute Gasteiger partial charge is 0.274 e. The topological polar surface area (TPSA) is 101 Å². The van der Waals surface area contributed by atoms with Crippen LogP contribution in [-0.2, 0) is 9.59 Å². The third-order valence-corrected chi connectivity index (χ3v) is 4.21. The molecule has 1 N–H and O–H groups in total. The molecule has 2 aromatic carbocycles. The molecule has 2 amide bonds. The first-order valence-corrected chi connectivity index (χ1v) is 8.91. The van der Waals surface area contributed by atoms with Crippen LogP contribution in [0.4, 0.5) is 10.1 Å². The van der Waals surface area contributed by atoms with Crippen LogP contribution in [0.25, 0.3) is 11.4 Å². The van der Waals surface area contributed by atoms with Crippen LogP contribution in [0.2, 0.25) is 0 Å². The third kappa shape index (κ3) is 4.34. The number of carbonyl (C=O) groups is 2. The number of carbonyl (C=O) groups excluding carboxylic acids is 2. The van der Waals surface area contributed by atoms with E-state index in [4.69, 9.17) is 4.52 Å². The molecule has 0 unspecified atom stereocenters. The molecule has 1 aromatic heterocycles. The quantitative estimate of drug-likeness (QED) is 0.718. The number of rotatable bonds is 5. The van der Waals surface area contributed by atoms with Crippen LogP contribution < -0.4 is 5.32 Å². The van der Waals surface area contributed by atoms with Crippen molar-refractivity contribution in [2.75, 3.05) is 11.9 Å². The maximum atomic E-state index is 13.2. The molecule has 0 aliphatic carbocycles. The highest BCUT2D eigenvalue weighted by Crippen LogP contribution is 2.19. The minimum Gasteiger partial charge on any atom is -0.332 e. The number of halogens is 1. The van der Waals surface area contributed by atoms with Crippen LogP contribution in [0.5, 0.6) is 0 Å². The summed E-state index contributed by atoms with van der Waals surface area (Å²) in [5.74, 6) is -0.652. The maximum absolute atomic E-state index is 13.2. The van der Waals surface area contributed by atoms with Crippen molar-refractivity contribution in [2.24, 2.45) is 5.10 Å². The van der Waals surface area contributed by atoms with Crippen LogP contribution in [0.1, 0.15) is 18.7 Å². The lowest BCUT2D eigenvalue weighted by Gasteiger charge is -2.21. The Kier molecular flexibility index (Phi) is 5.10. The van der Waals surface area contributed by atoms with Gasteiger partial charge in [0.05, 0.1) is 0 Å². The molecule has 9 heteroatoms. The van der Waals surface area contributed by atoms with Crippen molar-refractivity contribution in [3.63, 3.8) is 0 Å². The molecule has 0 bridgehead atoms. The van der Waals surface area contributed by atoms with E-state index in [0.29, 0.717) is 23.6 Å². The minimum absolute atomic E-state index is 0.162. The summed E-state index contributed by atoms with van der Waals surface area (Å²) in [5.41, 5.74) is 1.52. The highest BCUT2D eigenvalue weighted by atomic mass is 19.1. The summed E-state index contributed by atoms with van der Waals surface area (Å²) in [4.78, 5) is 28.7. The van der Waals surface area contributed by atoms with Gasteiger partial charge in [0.2, 0.25) is 17.6 Å². The van der Waals surface area contributed by atoms with E-state index < -0.39 is 11.7 Å². The molecular weight excluding hydrogens is 377 g/mol. The van der Waals surface area contributed by atoms with Crippen LogP contribution in [0, 0.1) is 5.82 Å². The first kappa shape index (κ1) is 18.5. The van der Waals surface area contributed by atoms with Crippen molar-refractivity contribution in [1.82, 2.24) is 15.1 Å². The molecule has 146 valence electrons. The van der Waals surface area contributed by atoms with E-state index in [0.717, 1.165) is 10.6 Å². The average molecular weight is 393 g/mol. The molecule has 4 rings (SSSR count). The van der Waals surface area contributed by atoms with E-state index in [1.165, 1.54) is 18.2 Å². The second-order valence-corrected chi connectivity index (χ2v) is 6.35. The van der Waals surface area contributed by atoms with Gasteiger partial charge in [0.25, 0.3) is 5.89 Å². The highest BCUT2D eigenvalue weighted by molar-refractivity contribution is 6.02. The Balaban J connectivity index is 1.48. The Morgan fingerprint density at radius 3 is 2.76 bits per heavy atom. The summed E-state index contributed by atoms with van der Waals surface area (Å²) >= 11 is 0. The maximum Gasteiger partial charge on any atom is 0.274 e. The number of hydrogen-bond donors (Lipinski definition) is 1. The fraction of sp³-hybridized carbons (Fsp3) is 0.150. The van der Waals surface area contributed by atoms with Crippen LogP contribution in [0.3, 0.4) is 0 Å². The zero-order valence-corrected chi connectivity index (χ0v) is 15.2. The lowest BCUT2D eigenvalue weighted by Crippen LogP contribution is -2.38. The van der Waals surface area contributed by atoms with Crippen molar-refractivity contribution in [1.29, 1.82) is 0 Å². The molecule has 0 fully saturated rings. The van der Waals surface area contributed by atoms with E-state index in [1.54, 1.807) is 6.07 Å². The van der Waals surface area contributed by atoms with E-state index in [1.807, 2.05) is 30.3 Å². The van der Waals surface area contributed by atoms with Gasteiger partial charge in [-0.2, -0.15) is 10.1 Å². The molecule has 8 nitrogen and oxygen atoms in total. The number of nitrogens with one attached hydrogen (secondary N) is 1. The second-order valence-electron chi connectivity index (χ2n) is 6.35. The van der Waals surface area contributed by atoms with Gasteiger partial charge in [0.15, 0.2) is 0 Å². The Morgan fingerprint density at radius 1 is 1.14 bits per heavy atom. The number of amides is 2. The summed E-state index contributed by atoms with van der Waals surface area (Å²) in [6, 6.07) is 14.8. The summed E-state index contributed by atoms with van der Waals surface area (Å²) in [6.07, 6.45) is 0.492. The number of anilines is 1. The fourth-order valence-electron chi connectivity index (χ4n) is 2.83. The molecule has 3 aromatic rings. The van der Waals surface area contributed by atoms with E-state index in [-0.39, 0.29) is 24.8 Å². The molecule has 1 aliphatic heterocycles. The van der Waals surface area contributed by atoms with Gasteiger partial charge in [-0.05, 0) is 18.2 Å². The molecule has 0 saturated carbocycles. The SMILES string of the molecule is O=C(CN1N=C(c2nc(-c3ccccc3)no2)CCC1=O)Nc1cccc(F)c1. The standard InChI is InChI=1S/C20H16FN5O3/c21-14-7-4-8-15(11-14)22-17(27)12-26-18(28)10-9-16(24-26)20-23-19(25-29-20)13-5-2-1-3-6-13/h1-8,11H,9-10,12H2,(H,22,27). The van der Waals surface area contributed by atoms with Gasteiger partial charge in [0.1, 0.15) is 18.1 Å². The summed E-state index contributed by atoms with van der Waals surface area (Å²) < 4.78 is 18.5. The zero-order valence-electron chi connectivity index (χ0n) is 15.2. The average Bonchev–Trinajstić information content (AvgIpc) is 3.20. The van der Waals surface area contributed by atoms with Gasteiger partial charge in [-0.3, -0.25) is 9.59 Å². The van der Waals surface area contributed by atoms with Gasteiger partial charge in [-0.25, -0.2) is 9.40 Å². The van der Waals surface area contributed by atoms with Crippen LogP contribution in [-0.4, -0.2) is 39.2 Å². The number of hydrogen-bond acceptors (Lipinski definition) is 6. The van der Waals surface area contributed by atoms with Crippen molar-refractivity contribution in [2.45, 2.75) is 12.8 Å². The second kappa shape index (κ2) is 8.01. The van der Waals surface area contributed by atoms with Crippen molar-refractivity contribution < 1.29 is 18.5 Å². The van der Waals surface area contributed by atoms with Crippen molar-refractivity contribution >= 4 is 23.2 Å². The highest BCUT2D eigenvalue weighted by Gasteiger charge is 2.26. The van der Waals surface area contributed by atoms with E-state index in [9.17, 15) is 14.0 Å². The lowest BCUT2D eigenvalue weighted by atomic mass is 10.1. The van der Waals surface area contributed by atoms with Gasteiger partial charge in [0, 0.05) is 24.1 Å². The molecule has 1 aliphatic rings. The van der Waals surface area contributed by atoms with Gasteiger partial charge >= 0.3 is 0 Å². The Hall–Kier alpha value is -3.88. The summed E-state index contributed by atoms with van der Waals surface area (Å²) in [7, 11) is 0. The number of aromatic nitrogens is 2. The monoisotopic (exact) mass is 393 g/mol. The fourth-order valence-corrected chi connectivity index (χ4v) is 2.83. The predicted octanol–water partition coefficient (Wildman–Crippen LogP) is 2.84. The number of benzene rings is 2. The predicted molar refractivity (Wildman–Crippen MR) is 102 cm³/mol. The summed E-state index contributed by atoms with van der Waals surface area (Å²) in [5, 5.41) is 11.7. The van der Waals surface area contributed by atoms with Gasteiger partial charge in [-0.15, -0.1) is 0 Å². The molecule has 2 heterocycles.